The van der Waals surface area contributed by atoms with Gasteiger partial charge >= 0.3 is 0 Å². The van der Waals surface area contributed by atoms with E-state index in [0.29, 0.717) is 0 Å². The SMILES string of the molecule is [Al].[Ge].[Sb].[Te]. The van der Waals surface area contributed by atoms with E-state index in [0.717, 1.165) is 0 Å². The maximum absolute atomic E-state index is 0. The summed E-state index contributed by atoms with van der Waals surface area (Å²) in [4.78, 5) is 0. The summed E-state index contributed by atoms with van der Waals surface area (Å²) in [5.41, 5.74) is 0. The Hall–Kier alpha value is 2.68. The molecule has 12 radical (unpaired) electrons. The van der Waals surface area contributed by atoms with Gasteiger partial charge in [0.15, 0.2) is 0 Å². The molecule has 4 heavy (non-hydrogen) atoms. The summed E-state index contributed by atoms with van der Waals surface area (Å²) in [6.45, 7) is 0. The van der Waals surface area contributed by atoms with Crippen molar-refractivity contribution < 1.29 is 0 Å². The van der Waals surface area contributed by atoms with Gasteiger partial charge in [0.05, 0.1) is 0 Å². The first kappa shape index (κ1) is 30.0. The summed E-state index contributed by atoms with van der Waals surface area (Å²) < 4.78 is 0. The zero-order chi connectivity index (χ0) is 0. The largest absolute Gasteiger partial charge is 0 e. The van der Waals surface area contributed by atoms with Crippen molar-refractivity contribution in [2.24, 2.45) is 0 Å². The van der Waals surface area contributed by atoms with Crippen LogP contribution in [0.15, 0.2) is 0 Å². The van der Waals surface area contributed by atoms with E-state index in [1.165, 1.54) is 0 Å². The van der Waals surface area contributed by atoms with Crippen molar-refractivity contribution in [2.75, 3.05) is 0 Å². The molecule has 0 rings (SSSR count). The Labute approximate surface area is 81.8 Å². The summed E-state index contributed by atoms with van der Waals surface area (Å²) >= 11 is 0. The molecule has 0 aromatic rings. The van der Waals surface area contributed by atoms with Crippen LogP contribution in [-0.2, 0) is 0 Å². The van der Waals surface area contributed by atoms with E-state index in [9.17, 15) is 0 Å². The van der Waals surface area contributed by atoms with Crippen LogP contribution < -0.4 is 0 Å². The number of hydrogen-bond donors (Lipinski definition) is 0. The Balaban J connectivity index is 0. The first-order chi connectivity index (χ1) is 0. The van der Waals surface area contributed by atoms with Gasteiger partial charge < -0.3 is 0 Å². The van der Waals surface area contributed by atoms with Gasteiger partial charge in [-0.25, -0.2) is 0 Å². The van der Waals surface area contributed by atoms with Gasteiger partial charge in [0.25, 0.3) is 0 Å². The monoisotopic (exact) mass is 352 g/mol. The molecule has 0 N–H and O–H groups in total. The van der Waals surface area contributed by atoms with Crippen LogP contribution in [0.25, 0.3) is 0 Å². The van der Waals surface area contributed by atoms with Crippen LogP contribution in [0.5, 0.6) is 0 Å². The average molecular weight is 349 g/mol. The summed E-state index contributed by atoms with van der Waals surface area (Å²) in [6, 6.07) is 0. The van der Waals surface area contributed by atoms with E-state index >= 15 is 0 Å². The predicted octanol–water partition coefficient (Wildman–Crippen LogP) is -1.52. The molecule has 0 heterocycles. The normalized spacial score (nSPS) is 0. The summed E-state index contributed by atoms with van der Waals surface area (Å²) in [5.74, 6) is 0. The van der Waals surface area contributed by atoms with E-state index in [1.807, 2.05) is 0 Å². The molecule has 0 aliphatic heterocycles. The minimum absolute atomic E-state index is 0. The molecule has 0 aromatic heterocycles. The second-order valence-electron chi connectivity index (χ2n) is 0. The Morgan fingerprint density at radius 1 is 1.00 bits per heavy atom. The van der Waals surface area contributed by atoms with Crippen LogP contribution >= 0.6 is 0 Å². The predicted molar refractivity (Wildman–Crippen MR) is 23.0 cm³/mol. The molecule has 0 atom stereocenters. The molecule has 0 unspecified atom stereocenters. The third kappa shape index (κ3) is 8.82. The van der Waals surface area contributed by atoms with E-state index < -0.39 is 0 Å². The maximum Gasteiger partial charge on any atom is 0 e. The number of rotatable bonds is 0. The molecular formula is AlGeSbTe. The quantitative estimate of drug-likeness (QED) is 0.466. The summed E-state index contributed by atoms with van der Waals surface area (Å²) in [5, 5.41) is 0. The molecule has 0 spiro atoms. The van der Waals surface area contributed by atoms with E-state index in [2.05, 4.69) is 0 Å². The molecule has 0 amide bonds. The van der Waals surface area contributed by atoms with Crippen LogP contribution in [0.4, 0.5) is 0 Å². The van der Waals surface area contributed by atoms with Crippen molar-refractivity contribution in [2.45, 2.75) is 0 Å². The smallest absolute Gasteiger partial charge is 0 e. The fourth-order valence-corrected chi connectivity index (χ4v) is 0. The molecule has 18 valence electrons. The van der Waals surface area contributed by atoms with Gasteiger partial charge in [0.1, 0.15) is 0 Å². The van der Waals surface area contributed by atoms with Crippen LogP contribution in [0, 0.1) is 0 Å². The van der Waals surface area contributed by atoms with Crippen molar-refractivity contribution in [3.8, 4) is 0 Å². The molecule has 0 fully saturated rings. The fraction of sp³-hybridized carbons (Fsp3) is 0. The van der Waals surface area contributed by atoms with Gasteiger partial charge in [0.2, 0.25) is 0 Å². The zero-order valence-corrected chi connectivity index (χ0v) is 10.1. The molecule has 0 saturated carbocycles. The molecule has 0 aromatic carbocycles. The molecule has 4 heteroatoms. The zero-order valence-electron chi connectivity index (χ0n) is 1.93. The van der Waals surface area contributed by atoms with Crippen molar-refractivity contribution in [1.82, 2.24) is 0 Å². The van der Waals surface area contributed by atoms with Crippen molar-refractivity contribution in [1.29, 1.82) is 0 Å². The van der Waals surface area contributed by atoms with Crippen molar-refractivity contribution >= 4 is 83.1 Å². The number of hydrogen-bond acceptors (Lipinski definition) is 0. The van der Waals surface area contributed by atoms with Crippen LogP contribution in [-0.4, -0.2) is 83.1 Å². The molecule has 0 bridgehead atoms. The second-order valence-corrected chi connectivity index (χ2v) is 0. The summed E-state index contributed by atoms with van der Waals surface area (Å²) in [6.07, 6.45) is 0. The second kappa shape index (κ2) is 17.3. The van der Waals surface area contributed by atoms with Gasteiger partial charge in [0, 0.05) is 83.1 Å². The van der Waals surface area contributed by atoms with Gasteiger partial charge in [-0.3, -0.25) is 0 Å². The standard InChI is InChI=1S/Al.Ge.Sb.Te. The van der Waals surface area contributed by atoms with Gasteiger partial charge in [-0.1, -0.05) is 0 Å². The first-order valence-corrected chi connectivity index (χ1v) is 0. The van der Waals surface area contributed by atoms with Crippen LogP contribution in [0.2, 0.25) is 0 Å². The minimum atomic E-state index is 0. The maximum atomic E-state index is 0. The molecule has 0 nitrogen and oxygen atoms in total. The summed E-state index contributed by atoms with van der Waals surface area (Å²) in [7, 11) is 0. The molecular weight excluding hydrogens is 349 g/mol. The van der Waals surface area contributed by atoms with E-state index in [4.69, 9.17) is 0 Å². The third-order valence-electron chi connectivity index (χ3n) is 0. The molecule has 0 aliphatic rings. The Bertz CT molecular complexity index is 8.00. The molecule has 0 aliphatic carbocycles. The van der Waals surface area contributed by atoms with Gasteiger partial charge in [-0.05, 0) is 0 Å². The Kier molecular flexibility index (Phi) is 130. The van der Waals surface area contributed by atoms with Crippen LogP contribution in [0.3, 0.4) is 0 Å². The van der Waals surface area contributed by atoms with Gasteiger partial charge in [-0.15, -0.1) is 0 Å². The Morgan fingerprint density at radius 2 is 1.00 bits per heavy atom. The molecule has 0 saturated heterocycles. The van der Waals surface area contributed by atoms with Crippen LogP contribution in [0.1, 0.15) is 0 Å². The average Bonchev–Trinajstić information content (AvgIpc) is 0. The van der Waals surface area contributed by atoms with Crippen molar-refractivity contribution in [3.05, 3.63) is 0 Å². The van der Waals surface area contributed by atoms with E-state index in [1.54, 1.807) is 0 Å². The minimum Gasteiger partial charge on any atom is 0 e. The third-order valence-corrected chi connectivity index (χ3v) is 0. The van der Waals surface area contributed by atoms with E-state index in [-0.39, 0.29) is 83.1 Å². The Morgan fingerprint density at radius 3 is 1.00 bits per heavy atom. The fourth-order valence-electron chi connectivity index (χ4n) is 0. The van der Waals surface area contributed by atoms with Crippen molar-refractivity contribution in [3.63, 3.8) is 0 Å². The topological polar surface area (TPSA) is 0 Å². The van der Waals surface area contributed by atoms with Gasteiger partial charge in [-0.2, -0.15) is 0 Å². The first-order valence-electron chi connectivity index (χ1n) is 0.